The monoisotopic (exact) mass is 556 g/mol. The lowest BCUT2D eigenvalue weighted by molar-refractivity contribution is -0.144. The fourth-order valence-electron chi connectivity index (χ4n) is 5.22. The summed E-state index contributed by atoms with van der Waals surface area (Å²) in [5.41, 5.74) is 0.672. The van der Waals surface area contributed by atoms with Gasteiger partial charge in [-0.2, -0.15) is 0 Å². The summed E-state index contributed by atoms with van der Waals surface area (Å²) in [4.78, 5) is 67.5. The van der Waals surface area contributed by atoms with Gasteiger partial charge in [-0.3, -0.25) is 24.0 Å². The first-order chi connectivity index (χ1) is 18.9. The summed E-state index contributed by atoms with van der Waals surface area (Å²) in [6, 6.07) is 5.25. The Morgan fingerprint density at radius 2 is 1.75 bits per heavy atom. The van der Waals surface area contributed by atoms with E-state index in [0.717, 1.165) is 11.1 Å². The molecule has 0 radical (unpaired) electrons. The lowest BCUT2D eigenvalue weighted by atomic mass is 9.94. The Morgan fingerprint density at radius 1 is 1.05 bits per heavy atom. The standard InChI is InChI=1S/C30H44N4O6/c1-5-30(4)29(40)32-23(18-21-15-13-19(2)14-16-21)28(39)34-17-9-11-24(34)27(38)31-22(26(37)33-30)10-7-6-8-12-25(36)20(3)35/h13-16,20,22-24,35H,5-12,17-18H2,1-4H3,(H,31,38)(H,32,40)(H,33,37)/t20-,22+,23+,24-,30+/m1/s1. The number of aliphatic hydroxyl groups is 1. The zero-order valence-corrected chi connectivity index (χ0v) is 24.1. The third-order valence-corrected chi connectivity index (χ3v) is 8.12. The highest BCUT2D eigenvalue weighted by atomic mass is 16.3. The van der Waals surface area contributed by atoms with Crippen LogP contribution in [0.25, 0.3) is 0 Å². The van der Waals surface area contributed by atoms with Gasteiger partial charge in [0.15, 0.2) is 5.78 Å². The van der Waals surface area contributed by atoms with Gasteiger partial charge in [0, 0.05) is 19.4 Å². The van der Waals surface area contributed by atoms with Crippen LogP contribution in [0, 0.1) is 6.92 Å². The second-order valence-electron chi connectivity index (χ2n) is 11.4. The molecule has 10 nitrogen and oxygen atoms in total. The Bertz CT molecular complexity index is 1090. The molecule has 10 heteroatoms. The predicted octanol–water partition coefficient (Wildman–Crippen LogP) is 1.70. The summed E-state index contributed by atoms with van der Waals surface area (Å²) in [6.45, 7) is 7.22. The van der Waals surface area contributed by atoms with Crippen molar-refractivity contribution in [1.29, 1.82) is 0 Å². The van der Waals surface area contributed by atoms with Crippen LogP contribution in [0.4, 0.5) is 0 Å². The fourth-order valence-corrected chi connectivity index (χ4v) is 5.22. The lowest BCUT2D eigenvalue weighted by Gasteiger charge is -2.36. The number of amides is 4. The summed E-state index contributed by atoms with van der Waals surface area (Å²) < 4.78 is 0. The maximum atomic E-state index is 13.8. The second-order valence-corrected chi connectivity index (χ2v) is 11.4. The van der Waals surface area contributed by atoms with Gasteiger partial charge in [-0.25, -0.2) is 0 Å². The first kappa shape index (κ1) is 31.3. The number of hydrogen-bond donors (Lipinski definition) is 4. The minimum Gasteiger partial charge on any atom is -0.386 e. The van der Waals surface area contributed by atoms with Crippen molar-refractivity contribution >= 4 is 29.4 Å². The molecule has 2 saturated heterocycles. The lowest BCUT2D eigenvalue weighted by Crippen LogP contribution is -2.65. The number of fused-ring (bicyclic) bond motifs is 1. The van der Waals surface area contributed by atoms with Gasteiger partial charge in [-0.05, 0) is 58.4 Å². The number of carbonyl (C=O) groups is 5. The predicted molar refractivity (Wildman–Crippen MR) is 150 cm³/mol. The van der Waals surface area contributed by atoms with Crippen LogP contribution < -0.4 is 16.0 Å². The molecular formula is C30H44N4O6. The second kappa shape index (κ2) is 13.9. The Hall–Kier alpha value is -3.27. The molecule has 1 aromatic carbocycles. The highest BCUT2D eigenvalue weighted by molar-refractivity contribution is 5.99. The fraction of sp³-hybridized carbons (Fsp3) is 0.633. The molecule has 4 N–H and O–H groups in total. The highest BCUT2D eigenvalue weighted by Gasteiger charge is 2.43. The van der Waals surface area contributed by atoms with Crippen molar-refractivity contribution in [3.63, 3.8) is 0 Å². The van der Waals surface area contributed by atoms with Gasteiger partial charge < -0.3 is 26.0 Å². The van der Waals surface area contributed by atoms with E-state index in [4.69, 9.17) is 0 Å². The van der Waals surface area contributed by atoms with Crippen LogP contribution in [0.3, 0.4) is 0 Å². The summed E-state index contributed by atoms with van der Waals surface area (Å²) in [5, 5.41) is 18.0. The molecule has 0 aromatic heterocycles. The largest absolute Gasteiger partial charge is 0.386 e. The van der Waals surface area contributed by atoms with E-state index in [1.54, 1.807) is 13.8 Å². The van der Waals surface area contributed by atoms with Crippen LogP contribution in [0.1, 0.15) is 83.3 Å². The minimum atomic E-state index is -1.29. The van der Waals surface area contributed by atoms with Crippen LogP contribution in [0.2, 0.25) is 0 Å². The van der Waals surface area contributed by atoms with E-state index in [0.29, 0.717) is 45.1 Å². The Labute approximate surface area is 236 Å². The number of rotatable bonds is 10. The third kappa shape index (κ3) is 7.90. The van der Waals surface area contributed by atoms with Crippen molar-refractivity contribution in [2.24, 2.45) is 0 Å². The number of aryl methyl sites for hydroxylation is 1. The van der Waals surface area contributed by atoms with Gasteiger partial charge in [0.25, 0.3) is 0 Å². The van der Waals surface area contributed by atoms with E-state index in [1.807, 2.05) is 31.2 Å². The number of carbonyl (C=O) groups excluding carboxylic acids is 5. The van der Waals surface area contributed by atoms with Gasteiger partial charge in [0.2, 0.25) is 23.6 Å². The van der Waals surface area contributed by atoms with Crippen molar-refractivity contribution in [3.05, 3.63) is 35.4 Å². The first-order valence-corrected chi connectivity index (χ1v) is 14.5. The maximum absolute atomic E-state index is 13.8. The molecule has 0 aliphatic carbocycles. The number of hydrogen-bond acceptors (Lipinski definition) is 6. The average molecular weight is 557 g/mol. The SMILES string of the molecule is CC[C@]1(C)NC(=O)[C@H](CCCCCC(=O)[C@@H](C)O)NC(=O)[C@H]2CCCN2C(=O)[C@H](Cc2ccc(C)cc2)NC1=O. The van der Waals surface area contributed by atoms with Gasteiger partial charge in [-0.1, -0.05) is 49.6 Å². The highest BCUT2D eigenvalue weighted by Crippen LogP contribution is 2.22. The van der Waals surface area contributed by atoms with Crippen molar-refractivity contribution < 1.29 is 29.1 Å². The van der Waals surface area contributed by atoms with E-state index in [-0.39, 0.29) is 36.9 Å². The molecule has 0 unspecified atom stereocenters. The third-order valence-electron chi connectivity index (χ3n) is 8.12. The van der Waals surface area contributed by atoms with Crippen LogP contribution in [-0.2, 0) is 30.4 Å². The molecule has 2 aliphatic rings. The van der Waals surface area contributed by atoms with Gasteiger partial charge >= 0.3 is 0 Å². The van der Waals surface area contributed by atoms with E-state index in [1.165, 1.54) is 11.8 Å². The van der Waals surface area contributed by atoms with Crippen molar-refractivity contribution in [2.45, 2.75) is 115 Å². The summed E-state index contributed by atoms with van der Waals surface area (Å²) >= 11 is 0. The molecule has 1 aromatic rings. The Morgan fingerprint density at radius 3 is 2.40 bits per heavy atom. The van der Waals surface area contributed by atoms with Crippen LogP contribution in [0.15, 0.2) is 24.3 Å². The molecule has 40 heavy (non-hydrogen) atoms. The summed E-state index contributed by atoms with van der Waals surface area (Å²) in [5.74, 6) is -1.83. The number of nitrogens with one attached hydrogen (secondary N) is 3. The van der Waals surface area contributed by atoms with Gasteiger partial charge in [-0.15, -0.1) is 0 Å². The van der Waals surface area contributed by atoms with Crippen LogP contribution in [-0.4, -0.2) is 75.7 Å². The minimum absolute atomic E-state index is 0.228. The number of unbranched alkanes of at least 4 members (excludes halogenated alkanes) is 2. The van der Waals surface area contributed by atoms with E-state index in [2.05, 4.69) is 16.0 Å². The molecule has 0 spiro atoms. The molecule has 4 amide bonds. The molecule has 220 valence electrons. The van der Waals surface area contributed by atoms with Crippen LogP contribution >= 0.6 is 0 Å². The smallest absolute Gasteiger partial charge is 0.246 e. The summed E-state index contributed by atoms with van der Waals surface area (Å²) in [7, 11) is 0. The van der Waals surface area contributed by atoms with Gasteiger partial charge in [0.05, 0.1) is 0 Å². The van der Waals surface area contributed by atoms with Crippen molar-refractivity contribution in [2.75, 3.05) is 6.54 Å². The molecule has 2 heterocycles. The first-order valence-electron chi connectivity index (χ1n) is 14.5. The number of Topliss-reactive ketones (excluding diaryl/α,β-unsaturated/α-hetero) is 1. The zero-order chi connectivity index (χ0) is 29.4. The molecule has 5 atom stereocenters. The molecule has 2 aliphatic heterocycles. The molecular weight excluding hydrogens is 512 g/mol. The van der Waals surface area contributed by atoms with E-state index in [9.17, 15) is 29.1 Å². The van der Waals surface area contributed by atoms with Crippen LogP contribution in [0.5, 0.6) is 0 Å². The Balaban J connectivity index is 1.82. The van der Waals surface area contributed by atoms with E-state index < -0.39 is 41.6 Å². The number of ketones is 1. The quantitative estimate of drug-likeness (QED) is 0.323. The summed E-state index contributed by atoms with van der Waals surface area (Å²) in [6.07, 6.45) is 3.01. The average Bonchev–Trinajstić information content (AvgIpc) is 3.41. The number of nitrogens with zero attached hydrogens (tertiary/aromatic N) is 1. The van der Waals surface area contributed by atoms with E-state index >= 15 is 0 Å². The van der Waals surface area contributed by atoms with Crippen molar-refractivity contribution in [1.82, 2.24) is 20.9 Å². The molecule has 0 saturated carbocycles. The number of aliphatic hydroxyl groups excluding tert-OH is 1. The Kier molecular flexibility index (Phi) is 10.8. The molecule has 2 fully saturated rings. The zero-order valence-electron chi connectivity index (χ0n) is 24.1. The maximum Gasteiger partial charge on any atom is 0.246 e. The topological polar surface area (TPSA) is 145 Å². The normalized spacial score (nSPS) is 26.6. The molecule has 0 bridgehead atoms. The van der Waals surface area contributed by atoms with Crippen molar-refractivity contribution in [3.8, 4) is 0 Å². The number of benzene rings is 1. The van der Waals surface area contributed by atoms with Gasteiger partial charge in [0.1, 0.15) is 29.8 Å². The molecule has 3 rings (SSSR count).